The fraction of sp³-hybridized carbons (Fsp3) is 0.400. The maximum atomic E-state index is 5.24. The Labute approximate surface area is 114 Å². The molecule has 102 valence electrons. The standard InChI is InChI=1S/C15H21N3O/c1-13(14-5-3-6-15(11-14)19-2)17-7-4-9-18-10-8-16-12-18/h3,5-6,8,10-13,17H,4,7,9H2,1-2H3/t13-/m0/s1. The molecule has 0 saturated carbocycles. The fourth-order valence-electron chi connectivity index (χ4n) is 2.03. The van der Waals surface area contributed by atoms with Crippen molar-refractivity contribution in [2.75, 3.05) is 13.7 Å². The topological polar surface area (TPSA) is 39.1 Å². The first-order chi connectivity index (χ1) is 9.29. The summed E-state index contributed by atoms with van der Waals surface area (Å²) >= 11 is 0. The summed E-state index contributed by atoms with van der Waals surface area (Å²) in [5, 5.41) is 3.52. The van der Waals surface area contributed by atoms with Crippen LogP contribution in [0.1, 0.15) is 24.9 Å². The highest BCUT2D eigenvalue weighted by Gasteiger charge is 2.05. The van der Waals surface area contributed by atoms with Crippen LogP contribution in [0.4, 0.5) is 0 Å². The molecule has 2 aromatic rings. The Balaban J connectivity index is 1.75. The first kappa shape index (κ1) is 13.6. The van der Waals surface area contributed by atoms with Crippen molar-refractivity contribution in [2.45, 2.75) is 25.9 Å². The van der Waals surface area contributed by atoms with Crippen LogP contribution in [0.2, 0.25) is 0 Å². The smallest absolute Gasteiger partial charge is 0.119 e. The number of nitrogens with zero attached hydrogens (tertiary/aromatic N) is 2. The number of rotatable bonds is 7. The highest BCUT2D eigenvalue weighted by atomic mass is 16.5. The van der Waals surface area contributed by atoms with Gasteiger partial charge >= 0.3 is 0 Å². The zero-order chi connectivity index (χ0) is 13.5. The van der Waals surface area contributed by atoms with E-state index in [1.54, 1.807) is 7.11 Å². The van der Waals surface area contributed by atoms with E-state index in [-0.39, 0.29) is 0 Å². The summed E-state index contributed by atoms with van der Waals surface area (Å²) < 4.78 is 7.34. The van der Waals surface area contributed by atoms with Crippen LogP contribution in [0.25, 0.3) is 0 Å². The van der Waals surface area contributed by atoms with Crippen LogP contribution in [0.5, 0.6) is 5.75 Å². The summed E-state index contributed by atoms with van der Waals surface area (Å²) in [5.74, 6) is 0.907. The molecule has 2 rings (SSSR count). The van der Waals surface area contributed by atoms with Crippen molar-refractivity contribution in [3.8, 4) is 5.75 Å². The van der Waals surface area contributed by atoms with E-state index in [2.05, 4.69) is 33.9 Å². The van der Waals surface area contributed by atoms with Crippen LogP contribution in [-0.4, -0.2) is 23.2 Å². The summed E-state index contributed by atoms with van der Waals surface area (Å²) in [6.45, 7) is 4.15. The van der Waals surface area contributed by atoms with Gasteiger partial charge in [0.1, 0.15) is 5.75 Å². The number of hydrogen-bond donors (Lipinski definition) is 1. The highest BCUT2D eigenvalue weighted by molar-refractivity contribution is 5.30. The third-order valence-corrected chi connectivity index (χ3v) is 3.20. The molecule has 0 aliphatic rings. The Morgan fingerprint density at radius 3 is 3.05 bits per heavy atom. The third-order valence-electron chi connectivity index (χ3n) is 3.20. The molecule has 0 aliphatic heterocycles. The summed E-state index contributed by atoms with van der Waals surface area (Å²) in [6, 6.07) is 8.52. The van der Waals surface area contributed by atoms with Crippen LogP contribution in [0.3, 0.4) is 0 Å². The molecule has 1 aromatic carbocycles. The number of benzene rings is 1. The van der Waals surface area contributed by atoms with Gasteiger partial charge in [-0.2, -0.15) is 0 Å². The molecule has 19 heavy (non-hydrogen) atoms. The monoisotopic (exact) mass is 259 g/mol. The minimum atomic E-state index is 0.331. The van der Waals surface area contributed by atoms with Gasteiger partial charge in [-0.1, -0.05) is 12.1 Å². The van der Waals surface area contributed by atoms with Gasteiger partial charge < -0.3 is 14.6 Å². The van der Waals surface area contributed by atoms with Crippen molar-refractivity contribution in [1.82, 2.24) is 14.9 Å². The number of aryl methyl sites for hydroxylation is 1. The van der Waals surface area contributed by atoms with Crippen molar-refractivity contribution in [3.05, 3.63) is 48.5 Å². The normalized spacial score (nSPS) is 12.3. The molecule has 1 N–H and O–H groups in total. The van der Waals surface area contributed by atoms with Gasteiger partial charge in [0, 0.05) is 25.0 Å². The summed E-state index contributed by atoms with van der Waals surface area (Å²) in [5.41, 5.74) is 1.25. The van der Waals surface area contributed by atoms with Crippen LogP contribution in [0, 0.1) is 0 Å². The molecule has 0 radical (unpaired) electrons. The molecule has 0 saturated heterocycles. The molecule has 4 heteroatoms. The molecule has 0 unspecified atom stereocenters. The quantitative estimate of drug-likeness (QED) is 0.777. The lowest BCUT2D eigenvalue weighted by Gasteiger charge is -2.15. The average Bonchev–Trinajstić information content (AvgIpc) is 2.96. The third kappa shape index (κ3) is 4.10. The van der Waals surface area contributed by atoms with Gasteiger partial charge in [0.05, 0.1) is 13.4 Å². The molecule has 1 heterocycles. The Bertz CT molecular complexity index is 482. The zero-order valence-corrected chi connectivity index (χ0v) is 11.5. The van der Waals surface area contributed by atoms with Gasteiger partial charge in [0.25, 0.3) is 0 Å². The van der Waals surface area contributed by atoms with Crippen LogP contribution in [0.15, 0.2) is 43.0 Å². The summed E-state index contributed by atoms with van der Waals surface area (Å²) in [4.78, 5) is 4.03. The minimum absolute atomic E-state index is 0.331. The molecule has 1 atom stereocenters. The second kappa shape index (κ2) is 6.95. The van der Waals surface area contributed by atoms with Gasteiger partial charge in [-0.05, 0) is 37.6 Å². The second-order valence-corrected chi connectivity index (χ2v) is 4.61. The second-order valence-electron chi connectivity index (χ2n) is 4.61. The molecule has 1 aromatic heterocycles. The van der Waals surface area contributed by atoms with Crippen LogP contribution < -0.4 is 10.1 Å². The fourth-order valence-corrected chi connectivity index (χ4v) is 2.03. The minimum Gasteiger partial charge on any atom is -0.497 e. The van der Waals surface area contributed by atoms with Gasteiger partial charge in [-0.3, -0.25) is 0 Å². The predicted molar refractivity (Wildman–Crippen MR) is 76.3 cm³/mol. The molecular formula is C15H21N3O. The van der Waals surface area contributed by atoms with Gasteiger partial charge in [0.2, 0.25) is 0 Å². The molecule has 0 fully saturated rings. The van der Waals surface area contributed by atoms with Crippen molar-refractivity contribution in [3.63, 3.8) is 0 Å². The Hall–Kier alpha value is -1.81. The highest BCUT2D eigenvalue weighted by Crippen LogP contribution is 2.18. The van der Waals surface area contributed by atoms with E-state index in [1.807, 2.05) is 30.9 Å². The number of imidazole rings is 1. The van der Waals surface area contributed by atoms with E-state index in [4.69, 9.17) is 4.74 Å². The molecule has 0 bridgehead atoms. The van der Waals surface area contributed by atoms with E-state index < -0.39 is 0 Å². The van der Waals surface area contributed by atoms with E-state index >= 15 is 0 Å². The first-order valence-corrected chi connectivity index (χ1v) is 6.62. The van der Waals surface area contributed by atoms with Crippen molar-refractivity contribution in [2.24, 2.45) is 0 Å². The largest absolute Gasteiger partial charge is 0.497 e. The van der Waals surface area contributed by atoms with Crippen molar-refractivity contribution >= 4 is 0 Å². The van der Waals surface area contributed by atoms with E-state index in [0.29, 0.717) is 6.04 Å². The summed E-state index contributed by atoms with van der Waals surface area (Å²) in [6.07, 6.45) is 6.74. The van der Waals surface area contributed by atoms with E-state index in [9.17, 15) is 0 Å². The number of methoxy groups -OCH3 is 1. The lowest BCUT2D eigenvalue weighted by molar-refractivity contribution is 0.413. The van der Waals surface area contributed by atoms with E-state index in [0.717, 1.165) is 25.3 Å². The predicted octanol–water partition coefficient (Wildman–Crippen LogP) is 2.63. The summed E-state index contributed by atoms with van der Waals surface area (Å²) in [7, 11) is 1.70. The number of ether oxygens (including phenoxy) is 1. The zero-order valence-electron chi connectivity index (χ0n) is 11.5. The maximum absolute atomic E-state index is 5.24. The van der Waals surface area contributed by atoms with Crippen molar-refractivity contribution in [1.29, 1.82) is 0 Å². The molecule has 4 nitrogen and oxygen atoms in total. The van der Waals surface area contributed by atoms with Gasteiger partial charge in [-0.25, -0.2) is 4.98 Å². The number of hydrogen-bond acceptors (Lipinski definition) is 3. The molecule has 0 spiro atoms. The van der Waals surface area contributed by atoms with E-state index in [1.165, 1.54) is 5.56 Å². The SMILES string of the molecule is COc1cccc([C@H](C)NCCCn2ccnc2)c1. The van der Waals surface area contributed by atoms with Crippen LogP contribution in [-0.2, 0) is 6.54 Å². The number of nitrogens with one attached hydrogen (secondary N) is 1. The lowest BCUT2D eigenvalue weighted by atomic mass is 10.1. The van der Waals surface area contributed by atoms with Crippen LogP contribution >= 0.6 is 0 Å². The lowest BCUT2D eigenvalue weighted by Crippen LogP contribution is -2.20. The Morgan fingerprint density at radius 2 is 2.32 bits per heavy atom. The van der Waals surface area contributed by atoms with Gasteiger partial charge in [-0.15, -0.1) is 0 Å². The molecule has 0 aliphatic carbocycles. The average molecular weight is 259 g/mol. The Morgan fingerprint density at radius 1 is 1.42 bits per heavy atom. The maximum Gasteiger partial charge on any atom is 0.119 e. The molecular weight excluding hydrogens is 238 g/mol. The first-order valence-electron chi connectivity index (χ1n) is 6.62. The number of aromatic nitrogens is 2. The van der Waals surface area contributed by atoms with Gasteiger partial charge in [0.15, 0.2) is 0 Å². The Kier molecular flexibility index (Phi) is 4.98. The molecule has 0 amide bonds. The van der Waals surface area contributed by atoms with Crippen molar-refractivity contribution < 1.29 is 4.74 Å².